The van der Waals surface area contributed by atoms with Crippen LogP contribution < -0.4 is 9.47 Å². The highest BCUT2D eigenvalue weighted by atomic mass is 35.5. The molecule has 1 N–H and O–H groups in total. The van der Waals surface area contributed by atoms with Crippen LogP contribution in [0.2, 0.25) is 5.02 Å². The number of rotatable bonds is 9. The summed E-state index contributed by atoms with van der Waals surface area (Å²) in [5.41, 5.74) is 4.83. The average Bonchev–Trinajstić information content (AvgIpc) is 3.45. The van der Waals surface area contributed by atoms with Gasteiger partial charge in [-0.15, -0.1) is 0 Å². The summed E-state index contributed by atoms with van der Waals surface area (Å²) in [6, 6.07) is 22.9. The predicted octanol–water partition coefficient (Wildman–Crippen LogP) is 6.66. The summed E-state index contributed by atoms with van der Waals surface area (Å²) in [5, 5.41) is 8.20. The fourth-order valence-electron chi connectivity index (χ4n) is 4.59. The van der Waals surface area contributed by atoms with Crippen LogP contribution in [-0.4, -0.2) is 34.7 Å². The van der Waals surface area contributed by atoms with E-state index in [-0.39, 0.29) is 11.9 Å². The van der Waals surface area contributed by atoms with Crippen LogP contribution in [0, 0.1) is 0 Å². The van der Waals surface area contributed by atoms with E-state index in [1.54, 1.807) is 7.11 Å². The summed E-state index contributed by atoms with van der Waals surface area (Å²) in [7, 11) is 1.64. The van der Waals surface area contributed by atoms with Gasteiger partial charge in [0.25, 0.3) is 5.91 Å². The molecule has 1 amide bonds. The van der Waals surface area contributed by atoms with Crippen molar-refractivity contribution in [3.63, 3.8) is 0 Å². The Morgan fingerprint density at radius 2 is 1.83 bits per heavy atom. The number of aromatic amines is 1. The molecule has 3 aromatic carbocycles. The van der Waals surface area contributed by atoms with E-state index < -0.39 is 0 Å². The Morgan fingerprint density at radius 3 is 2.58 bits per heavy atom. The predicted molar refractivity (Wildman–Crippen MR) is 141 cm³/mol. The molecule has 1 atom stereocenters. The molecule has 7 heteroatoms. The van der Waals surface area contributed by atoms with Gasteiger partial charge >= 0.3 is 0 Å². The highest BCUT2D eigenvalue weighted by Gasteiger charge is 2.42. The highest BCUT2D eigenvalue weighted by molar-refractivity contribution is 6.31. The molecule has 184 valence electrons. The minimum Gasteiger partial charge on any atom is -0.497 e. The van der Waals surface area contributed by atoms with E-state index in [9.17, 15) is 4.79 Å². The largest absolute Gasteiger partial charge is 0.497 e. The highest BCUT2D eigenvalue weighted by Crippen LogP contribution is 2.44. The lowest BCUT2D eigenvalue weighted by atomic mass is 9.95. The maximum atomic E-state index is 13.7. The van der Waals surface area contributed by atoms with Crippen LogP contribution in [0.5, 0.6) is 11.5 Å². The molecule has 0 aliphatic carbocycles. The van der Waals surface area contributed by atoms with E-state index in [1.165, 1.54) is 0 Å². The molecule has 1 unspecified atom stereocenters. The second-order valence-corrected chi connectivity index (χ2v) is 9.20. The minimum atomic E-state index is -0.352. The number of carbonyl (C=O) groups excluding carboxylic acids is 1. The first kappa shape index (κ1) is 23.9. The number of nitrogens with one attached hydrogen (secondary N) is 1. The summed E-state index contributed by atoms with van der Waals surface area (Å²) >= 11 is 6.49. The van der Waals surface area contributed by atoms with Crippen molar-refractivity contribution in [2.75, 3.05) is 13.7 Å². The third-order valence-electron chi connectivity index (χ3n) is 6.47. The van der Waals surface area contributed by atoms with Crippen LogP contribution in [0.1, 0.15) is 53.0 Å². The first-order chi connectivity index (χ1) is 17.6. The fraction of sp³-hybridized carbons (Fsp3) is 0.241. The Hall–Kier alpha value is -3.77. The summed E-state index contributed by atoms with van der Waals surface area (Å²) < 4.78 is 11.3. The Kier molecular flexibility index (Phi) is 6.96. The summed E-state index contributed by atoms with van der Waals surface area (Å²) in [6.45, 7) is 3.16. The number of H-pyrrole nitrogens is 1. The number of nitrogens with zero attached hydrogens (tertiary/aromatic N) is 2. The summed E-state index contributed by atoms with van der Waals surface area (Å²) in [4.78, 5) is 15.5. The topological polar surface area (TPSA) is 67.5 Å². The number of carbonyl (C=O) groups is 1. The lowest BCUT2D eigenvalue weighted by Gasteiger charge is -2.27. The van der Waals surface area contributed by atoms with Crippen molar-refractivity contribution in [2.24, 2.45) is 0 Å². The zero-order valence-corrected chi connectivity index (χ0v) is 21.1. The van der Waals surface area contributed by atoms with Crippen LogP contribution in [0.25, 0.3) is 11.3 Å². The van der Waals surface area contributed by atoms with Crippen molar-refractivity contribution in [3.8, 4) is 22.8 Å². The lowest BCUT2D eigenvalue weighted by Crippen LogP contribution is -2.29. The third-order valence-corrected chi connectivity index (χ3v) is 6.83. The molecular weight excluding hydrogens is 474 g/mol. The minimum absolute atomic E-state index is 0.112. The summed E-state index contributed by atoms with van der Waals surface area (Å²) in [6.07, 6.45) is 2.05. The average molecular weight is 502 g/mol. The first-order valence-corrected chi connectivity index (χ1v) is 12.5. The molecule has 0 saturated heterocycles. The number of halogens is 1. The van der Waals surface area contributed by atoms with Crippen LogP contribution in [0.15, 0.2) is 72.8 Å². The molecule has 2 heterocycles. The van der Waals surface area contributed by atoms with Crippen molar-refractivity contribution < 1.29 is 14.3 Å². The quantitative estimate of drug-likeness (QED) is 0.260. The monoisotopic (exact) mass is 501 g/mol. The van der Waals surface area contributed by atoms with Gasteiger partial charge in [0.15, 0.2) is 0 Å². The molecule has 1 aromatic heterocycles. The van der Waals surface area contributed by atoms with Gasteiger partial charge in [0.1, 0.15) is 17.2 Å². The standard InChI is InChI=1S/C29H28ClN3O3/c1-3-4-16-36-23-10-7-9-20(17-23)28-25-26(19-12-14-22(35-2)15-13-19)31-32-27(25)29(34)33(28)18-21-8-5-6-11-24(21)30/h5-15,17,28H,3-4,16,18H2,1-2H3,(H,31,32). The molecule has 1 aliphatic rings. The van der Waals surface area contributed by atoms with E-state index in [0.29, 0.717) is 23.9 Å². The van der Waals surface area contributed by atoms with Gasteiger partial charge in [0, 0.05) is 22.7 Å². The number of unbranched alkanes of at least 4 members (excludes halogenated alkanes) is 1. The first-order valence-electron chi connectivity index (χ1n) is 12.1. The normalized spacial score (nSPS) is 14.7. The molecule has 36 heavy (non-hydrogen) atoms. The van der Waals surface area contributed by atoms with E-state index >= 15 is 0 Å². The third kappa shape index (κ3) is 4.56. The zero-order valence-electron chi connectivity index (χ0n) is 20.3. The van der Waals surface area contributed by atoms with Crippen LogP contribution in [0.4, 0.5) is 0 Å². The van der Waals surface area contributed by atoms with Crippen molar-refractivity contribution in [2.45, 2.75) is 32.4 Å². The molecule has 0 saturated carbocycles. The number of fused-ring (bicyclic) bond motifs is 1. The Labute approximate surface area is 215 Å². The molecular formula is C29H28ClN3O3. The Bertz CT molecular complexity index is 1370. The number of methoxy groups -OCH3 is 1. The molecule has 1 aliphatic heterocycles. The number of ether oxygens (including phenoxy) is 2. The van der Waals surface area contributed by atoms with Gasteiger partial charge in [-0.2, -0.15) is 5.10 Å². The SMILES string of the molecule is CCCCOc1cccc(C2c3c(-c4ccc(OC)cc4)n[nH]c3C(=O)N2Cc2ccccc2Cl)c1. The number of benzene rings is 3. The van der Waals surface area contributed by atoms with E-state index in [2.05, 4.69) is 17.1 Å². The number of hydrogen-bond acceptors (Lipinski definition) is 4. The Balaban J connectivity index is 1.59. The van der Waals surface area contributed by atoms with Gasteiger partial charge < -0.3 is 14.4 Å². The van der Waals surface area contributed by atoms with E-state index in [0.717, 1.165) is 52.3 Å². The maximum absolute atomic E-state index is 13.7. The number of hydrogen-bond donors (Lipinski definition) is 1. The molecule has 6 nitrogen and oxygen atoms in total. The second-order valence-electron chi connectivity index (χ2n) is 8.79. The van der Waals surface area contributed by atoms with Crippen molar-refractivity contribution in [3.05, 3.63) is 100 Å². The lowest BCUT2D eigenvalue weighted by molar-refractivity contribution is 0.0730. The Morgan fingerprint density at radius 1 is 1.03 bits per heavy atom. The van der Waals surface area contributed by atoms with Crippen LogP contribution in [-0.2, 0) is 6.54 Å². The van der Waals surface area contributed by atoms with Crippen molar-refractivity contribution >= 4 is 17.5 Å². The summed E-state index contributed by atoms with van der Waals surface area (Å²) in [5.74, 6) is 1.43. The van der Waals surface area contributed by atoms with Crippen LogP contribution in [0.3, 0.4) is 0 Å². The number of amides is 1. The van der Waals surface area contributed by atoms with Gasteiger partial charge in [-0.1, -0.05) is 55.3 Å². The van der Waals surface area contributed by atoms with E-state index in [4.69, 9.17) is 21.1 Å². The van der Waals surface area contributed by atoms with Gasteiger partial charge in [-0.25, -0.2) is 0 Å². The molecule has 0 bridgehead atoms. The van der Waals surface area contributed by atoms with Crippen molar-refractivity contribution in [1.29, 1.82) is 0 Å². The van der Waals surface area contributed by atoms with Gasteiger partial charge in [0.2, 0.25) is 0 Å². The van der Waals surface area contributed by atoms with Crippen LogP contribution >= 0.6 is 11.6 Å². The maximum Gasteiger partial charge on any atom is 0.273 e. The van der Waals surface area contributed by atoms with Gasteiger partial charge in [-0.05, 0) is 60.0 Å². The second kappa shape index (κ2) is 10.5. The zero-order chi connectivity index (χ0) is 25.1. The molecule has 0 radical (unpaired) electrons. The molecule has 4 aromatic rings. The smallest absolute Gasteiger partial charge is 0.273 e. The fourth-order valence-corrected chi connectivity index (χ4v) is 4.79. The molecule has 5 rings (SSSR count). The van der Waals surface area contributed by atoms with Gasteiger partial charge in [0.05, 0.1) is 25.5 Å². The number of aromatic nitrogens is 2. The molecule has 0 fully saturated rings. The van der Waals surface area contributed by atoms with E-state index in [1.807, 2.05) is 77.7 Å². The van der Waals surface area contributed by atoms with Gasteiger partial charge in [-0.3, -0.25) is 9.89 Å². The molecule has 0 spiro atoms. The van der Waals surface area contributed by atoms with Crippen molar-refractivity contribution in [1.82, 2.24) is 15.1 Å².